The van der Waals surface area contributed by atoms with Crippen LogP contribution in [0, 0.1) is 0 Å². The molecular formula is C11H16O3. The molecule has 0 aliphatic rings. The Morgan fingerprint density at radius 2 is 1.79 bits per heavy atom. The van der Waals surface area contributed by atoms with Crippen molar-refractivity contribution in [1.29, 1.82) is 0 Å². The van der Waals surface area contributed by atoms with Crippen LogP contribution in [-0.4, -0.2) is 22.3 Å². The second-order valence-electron chi connectivity index (χ2n) is 2.93. The summed E-state index contributed by atoms with van der Waals surface area (Å²) in [4.78, 5) is 10.2. The summed E-state index contributed by atoms with van der Waals surface area (Å²) in [5.41, 5.74) is 0.331. The average molecular weight is 196 g/mol. The predicted molar refractivity (Wildman–Crippen MR) is 55.4 cm³/mol. The molecule has 0 saturated carbocycles. The van der Waals surface area contributed by atoms with Gasteiger partial charge < -0.3 is 10.2 Å². The molecule has 0 aromatic heterocycles. The van der Waals surface area contributed by atoms with Gasteiger partial charge in [-0.1, -0.05) is 25.1 Å². The molecule has 1 atom stereocenters. The van der Waals surface area contributed by atoms with Gasteiger partial charge in [-0.25, -0.2) is 4.79 Å². The van der Waals surface area contributed by atoms with E-state index in [1.165, 1.54) is 0 Å². The molecule has 14 heavy (non-hydrogen) atoms. The van der Waals surface area contributed by atoms with Crippen molar-refractivity contribution >= 4 is 5.97 Å². The van der Waals surface area contributed by atoms with E-state index in [1.807, 2.05) is 6.92 Å². The molecule has 1 aromatic rings. The van der Waals surface area contributed by atoms with Crippen LogP contribution in [0.2, 0.25) is 0 Å². The van der Waals surface area contributed by atoms with Crippen molar-refractivity contribution in [1.82, 2.24) is 0 Å². The number of benzene rings is 1. The SMILES string of the molecule is CCC(C)O.O=C(O)c1ccccc1. The molecule has 0 spiro atoms. The van der Waals surface area contributed by atoms with E-state index in [1.54, 1.807) is 37.3 Å². The first-order valence-electron chi connectivity index (χ1n) is 4.54. The van der Waals surface area contributed by atoms with Gasteiger partial charge in [0.2, 0.25) is 0 Å². The summed E-state index contributed by atoms with van der Waals surface area (Å²) >= 11 is 0. The molecule has 0 fully saturated rings. The van der Waals surface area contributed by atoms with Gasteiger partial charge in [0.05, 0.1) is 11.7 Å². The van der Waals surface area contributed by atoms with Gasteiger partial charge in [-0.3, -0.25) is 0 Å². The Kier molecular flexibility index (Phi) is 6.41. The van der Waals surface area contributed by atoms with Crippen molar-refractivity contribution in [2.45, 2.75) is 26.4 Å². The topological polar surface area (TPSA) is 57.5 Å². The molecule has 0 aliphatic heterocycles. The zero-order chi connectivity index (χ0) is 11.0. The van der Waals surface area contributed by atoms with Crippen LogP contribution < -0.4 is 0 Å². The molecule has 1 unspecified atom stereocenters. The summed E-state index contributed by atoms with van der Waals surface area (Å²) in [6, 6.07) is 8.30. The first-order chi connectivity index (χ1) is 6.57. The van der Waals surface area contributed by atoms with Gasteiger partial charge >= 0.3 is 5.97 Å². The van der Waals surface area contributed by atoms with Crippen LogP contribution in [0.1, 0.15) is 30.6 Å². The van der Waals surface area contributed by atoms with E-state index >= 15 is 0 Å². The molecule has 1 rings (SSSR count). The Labute approximate surface area is 84.0 Å². The number of carboxylic acid groups (broad SMARTS) is 1. The standard InChI is InChI=1S/C7H6O2.C4H10O/c8-7(9)6-4-2-1-3-5-6;1-3-4(2)5/h1-5H,(H,8,9);4-5H,3H2,1-2H3. The number of carbonyl (C=O) groups is 1. The first kappa shape index (κ1) is 12.7. The lowest BCUT2D eigenvalue weighted by Crippen LogP contribution is -1.93. The van der Waals surface area contributed by atoms with E-state index in [9.17, 15) is 4.79 Å². The summed E-state index contributed by atoms with van der Waals surface area (Å²) in [5.74, 6) is -0.879. The highest BCUT2D eigenvalue weighted by Gasteiger charge is 1.96. The third-order valence-corrected chi connectivity index (χ3v) is 1.61. The summed E-state index contributed by atoms with van der Waals surface area (Å²) in [6.07, 6.45) is 0.745. The second-order valence-corrected chi connectivity index (χ2v) is 2.93. The van der Waals surface area contributed by atoms with Crippen molar-refractivity contribution in [3.63, 3.8) is 0 Å². The van der Waals surface area contributed by atoms with Gasteiger partial charge in [-0.15, -0.1) is 0 Å². The van der Waals surface area contributed by atoms with Gasteiger partial charge in [0.1, 0.15) is 0 Å². The molecule has 0 heterocycles. The fraction of sp³-hybridized carbons (Fsp3) is 0.364. The quantitative estimate of drug-likeness (QED) is 0.762. The Balaban J connectivity index is 0.000000292. The Bertz CT molecular complexity index is 254. The monoisotopic (exact) mass is 196 g/mol. The predicted octanol–water partition coefficient (Wildman–Crippen LogP) is 2.16. The maximum Gasteiger partial charge on any atom is 0.335 e. The third kappa shape index (κ3) is 6.20. The Morgan fingerprint density at radius 1 is 1.36 bits per heavy atom. The first-order valence-corrected chi connectivity index (χ1v) is 4.54. The highest BCUT2D eigenvalue weighted by Crippen LogP contribution is 1.96. The molecule has 0 bridgehead atoms. The minimum Gasteiger partial charge on any atom is -0.478 e. The molecule has 3 nitrogen and oxygen atoms in total. The number of aliphatic hydroxyl groups is 1. The Hall–Kier alpha value is -1.35. The van der Waals surface area contributed by atoms with Crippen LogP contribution in [0.25, 0.3) is 0 Å². The van der Waals surface area contributed by atoms with Gasteiger partial charge in [-0.05, 0) is 25.5 Å². The highest BCUT2D eigenvalue weighted by atomic mass is 16.4. The van der Waals surface area contributed by atoms with Crippen LogP contribution in [0.5, 0.6) is 0 Å². The number of aromatic carboxylic acids is 1. The number of hydrogen-bond acceptors (Lipinski definition) is 2. The largest absolute Gasteiger partial charge is 0.478 e. The molecule has 3 heteroatoms. The van der Waals surface area contributed by atoms with Crippen molar-refractivity contribution in [3.05, 3.63) is 35.9 Å². The fourth-order valence-corrected chi connectivity index (χ4v) is 0.581. The van der Waals surface area contributed by atoms with E-state index in [-0.39, 0.29) is 6.10 Å². The number of carboxylic acids is 1. The van der Waals surface area contributed by atoms with Gasteiger partial charge in [-0.2, -0.15) is 0 Å². The molecule has 0 aliphatic carbocycles. The average Bonchev–Trinajstić information content (AvgIpc) is 2.20. The zero-order valence-corrected chi connectivity index (χ0v) is 8.47. The smallest absolute Gasteiger partial charge is 0.335 e. The summed E-state index contributed by atoms with van der Waals surface area (Å²) in [7, 11) is 0. The number of rotatable bonds is 2. The van der Waals surface area contributed by atoms with Crippen LogP contribution >= 0.6 is 0 Å². The maximum atomic E-state index is 10.2. The Morgan fingerprint density at radius 3 is 2.00 bits per heavy atom. The normalized spacial score (nSPS) is 11.1. The highest BCUT2D eigenvalue weighted by molar-refractivity contribution is 5.87. The molecular weight excluding hydrogens is 180 g/mol. The lowest BCUT2D eigenvalue weighted by molar-refractivity contribution is 0.0697. The minimum absolute atomic E-state index is 0.116. The van der Waals surface area contributed by atoms with Crippen molar-refractivity contribution in [2.75, 3.05) is 0 Å². The molecule has 0 saturated heterocycles. The van der Waals surface area contributed by atoms with Crippen LogP contribution in [0.4, 0.5) is 0 Å². The van der Waals surface area contributed by atoms with Gasteiger partial charge in [0, 0.05) is 0 Å². The maximum absolute atomic E-state index is 10.2. The van der Waals surface area contributed by atoms with E-state index in [2.05, 4.69) is 0 Å². The molecule has 0 radical (unpaired) electrons. The fourth-order valence-electron chi connectivity index (χ4n) is 0.581. The van der Waals surface area contributed by atoms with E-state index in [0.29, 0.717) is 5.56 Å². The number of aliphatic hydroxyl groups excluding tert-OH is 1. The summed E-state index contributed by atoms with van der Waals surface area (Å²) in [6.45, 7) is 3.73. The molecule has 0 amide bonds. The summed E-state index contributed by atoms with van der Waals surface area (Å²) < 4.78 is 0. The lowest BCUT2D eigenvalue weighted by atomic mass is 10.2. The van der Waals surface area contributed by atoms with Gasteiger partial charge in [0.15, 0.2) is 0 Å². The van der Waals surface area contributed by atoms with Crippen LogP contribution in [0.15, 0.2) is 30.3 Å². The van der Waals surface area contributed by atoms with Gasteiger partial charge in [0.25, 0.3) is 0 Å². The van der Waals surface area contributed by atoms with E-state index in [4.69, 9.17) is 10.2 Å². The van der Waals surface area contributed by atoms with Crippen molar-refractivity contribution < 1.29 is 15.0 Å². The lowest BCUT2D eigenvalue weighted by Gasteiger charge is -1.90. The third-order valence-electron chi connectivity index (χ3n) is 1.61. The minimum atomic E-state index is -0.879. The summed E-state index contributed by atoms with van der Waals surface area (Å²) in [5, 5.41) is 16.7. The number of hydrogen-bond donors (Lipinski definition) is 2. The van der Waals surface area contributed by atoms with E-state index in [0.717, 1.165) is 6.42 Å². The zero-order valence-electron chi connectivity index (χ0n) is 8.47. The molecule has 78 valence electrons. The van der Waals surface area contributed by atoms with E-state index < -0.39 is 5.97 Å². The molecule has 2 N–H and O–H groups in total. The van der Waals surface area contributed by atoms with Crippen LogP contribution in [-0.2, 0) is 0 Å². The molecule has 1 aromatic carbocycles. The van der Waals surface area contributed by atoms with Crippen LogP contribution in [0.3, 0.4) is 0 Å². The second kappa shape index (κ2) is 7.09. The van der Waals surface area contributed by atoms with Crippen molar-refractivity contribution in [2.24, 2.45) is 0 Å². The van der Waals surface area contributed by atoms with Crippen molar-refractivity contribution in [3.8, 4) is 0 Å².